The van der Waals surface area contributed by atoms with Crippen LogP contribution in [-0.4, -0.2) is 87.7 Å². The smallest absolute Gasteiger partial charge is 0.328 e. The summed E-state index contributed by atoms with van der Waals surface area (Å²) >= 11 is 5.13. The van der Waals surface area contributed by atoms with E-state index in [9.17, 15) is 19.5 Å². The number of hydrogen-bond acceptors (Lipinski definition) is 8. The molecule has 4 atom stereocenters. The summed E-state index contributed by atoms with van der Waals surface area (Å²) in [5.74, 6) is -2.18. The van der Waals surface area contributed by atoms with Gasteiger partial charge in [0.1, 0.15) is 4.99 Å². The second kappa shape index (κ2) is 11.5. The zero-order chi connectivity index (χ0) is 20.4. The van der Waals surface area contributed by atoms with E-state index in [1.54, 1.807) is 7.05 Å². The highest BCUT2D eigenvalue weighted by Gasteiger charge is 2.24. The summed E-state index contributed by atoms with van der Waals surface area (Å²) < 4.78 is 0. The predicted molar refractivity (Wildman–Crippen MR) is 95.8 cm³/mol. The van der Waals surface area contributed by atoms with E-state index < -0.39 is 48.7 Å². The van der Waals surface area contributed by atoms with Gasteiger partial charge in [-0.15, -0.1) is 0 Å². The van der Waals surface area contributed by atoms with Crippen LogP contribution in [0.3, 0.4) is 0 Å². The number of thiocarbonyl (C=S) groups is 1. The van der Waals surface area contributed by atoms with Crippen LogP contribution in [0.5, 0.6) is 0 Å². The molecular formula is C13H26N6O6S. The van der Waals surface area contributed by atoms with Crippen LogP contribution in [0.15, 0.2) is 0 Å². The molecule has 0 aliphatic heterocycles. The van der Waals surface area contributed by atoms with E-state index in [0.717, 1.165) is 0 Å². The molecule has 0 aromatic rings. The average Bonchev–Trinajstić information content (AvgIpc) is 2.50. The highest BCUT2D eigenvalue weighted by Crippen LogP contribution is 1.97. The third-order valence-corrected chi connectivity index (χ3v) is 3.59. The van der Waals surface area contributed by atoms with Crippen molar-refractivity contribution in [3.8, 4) is 0 Å². The molecule has 150 valence electrons. The van der Waals surface area contributed by atoms with Crippen molar-refractivity contribution < 1.29 is 29.7 Å². The zero-order valence-corrected chi connectivity index (χ0v) is 15.3. The molecule has 0 aliphatic rings. The molecule has 0 bridgehead atoms. The van der Waals surface area contributed by atoms with Crippen LogP contribution in [0.1, 0.15) is 13.3 Å². The first-order valence-electron chi connectivity index (χ1n) is 7.62. The number of urea groups is 1. The monoisotopic (exact) mass is 394 g/mol. The maximum atomic E-state index is 11.9. The van der Waals surface area contributed by atoms with E-state index in [-0.39, 0.29) is 18.0 Å². The number of hydrogen-bond donors (Lipinski definition) is 8. The van der Waals surface area contributed by atoms with E-state index in [4.69, 9.17) is 33.9 Å². The summed E-state index contributed by atoms with van der Waals surface area (Å²) in [5, 5.41) is 32.9. The quantitative estimate of drug-likeness (QED) is 0.128. The first-order chi connectivity index (χ1) is 12.0. The minimum atomic E-state index is -1.52. The number of carboxylic acid groups (broad SMARTS) is 1. The number of nitrogens with two attached hydrogens (primary N) is 2. The van der Waals surface area contributed by atoms with Gasteiger partial charge in [-0.1, -0.05) is 12.2 Å². The molecule has 26 heavy (non-hydrogen) atoms. The van der Waals surface area contributed by atoms with Gasteiger partial charge in [-0.25, -0.2) is 14.6 Å². The predicted octanol–water partition coefficient (Wildman–Crippen LogP) is -3.55. The summed E-state index contributed by atoms with van der Waals surface area (Å²) in [4.78, 5) is 33.9. The Balaban J connectivity index is 4.86. The molecule has 12 nitrogen and oxygen atoms in total. The van der Waals surface area contributed by atoms with Crippen LogP contribution < -0.4 is 27.5 Å². The summed E-state index contributed by atoms with van der Waals surface area (Å²) in [5.41, 5.74) is 13.6. The van der Waals surface area contributed by atoms with Gasteiger partial charge < -0.3 is 42.8 Å². The molecule has 4 unspecified atom stereocenters. The molecule has 0 rings (SSSR count). The third-order valence-electron chi connectivity index (χ3n) is 3.22. The number of amides is 3. The van der Waals surface area contributed by atoms with Crippen molar-refractivity contribution in [2.45, 2.75) is 37.6 Å². The largest absolute Gasteiger partial charge is 0.480 e. The van der Waals surface area contributed by atoms with Crippen molar-refractivity contribution >= 4 is 35.1 Å². The van der Waals surface area contributed by atoms with Gasteiger partial charge in [0.05, 0.1) is 25.2 Å². The van der Waals surface area contributed by atoms with E-state index in [0.29, 0.717) is 0 Å². The van der Waals surface area contributed by atoms with Crippen molar-refractivity contribution in [1.82, 2.24) is 21.1 Å². The molecule has 3 amide bonds. The highest BCUT2D eigenvalue weighted by atomic mass is 32.1. The summed E-state index contributed by atoms with van der Waals surface area (Å²) in [6.07, 6.45) is -1.10. The minimum Gasteiger partial charge on any atom is -0.480 e. The number of likely N-dealkylation sites (N-methyl/N-ethyl adjacent to an activating group) is 1. The van der Waals surface area contributed by atoms with Crippen LogP contribution >= 0.6 is 12.2 Å². The Morgan fingerprint density at radius 1 is 1.23 bits per heavy atom. The Hall–Kier alpha value is -2.06. The van der Waals surface area contributed by atoms with E-state index in [2.05, 4.69) is 10.7 Å². The van der Waals surface area contributed by atoms with Crippen molar-refractivity contribution in [2.75, 3.05) is 20.2 Å². The summed E-state index contributed by atoms with van der Waals surface area (Å²) in [7, 11) is 1.59. The third kappa shape index (κ3) is 9.43. The van der Waals surface area contributed by atoms with Crippen molar-refractivity contribution in [3.05, 3.63) is 0 Å². The van der Waals surface area contributed by atoms with Crippen LogP contribution in [0.25, 0.3) is 0 Å². The van der Waals surface area contributed by atoms with Crippen LogP contribution in [0.4, 0.5) is 4.79 Å². The Kier molecular flexibility index (Phi) is 10.6. The topological polar surface area (TPSA) is 203 Å². The maximum absolute atomic E-state index is 11.9. The zero-order valence-electron chi connectivity index (χ0n) is 14.5. The number of rotatable bonds is 11. The van der Waals surface area contributed by atoms with E-state index >= 15 is 0 Å². The molecule has 0 heterocycles. The van der Waals surface area contributed by atoms with E-state index in [1.807, 2.05) is 5.32 Å². The Morgan fingerprint density at radius 3 is 2.19 bits per heavy atom. The normalized spacial score (nSPS) is 15.5. The van der Waals surface area contributed by atoms with E-state index in [1.165, 1.54) is 11.9 Å². The van der Waals surface area contributed by atoms with Gasteiger partial charge in [0.2, 0.25) is 5.91 Å². The lowest BCUT2D eigenvalue weighted by Gasteiger charge is -2.28. The Labute approximate surface area is 155 Å². The van der Waals surface area contributed by atoms with Gasteiger partial charge in [-0.2, -0.15) is 0 Å². The molecule has 0 spiro atoms. The molecule has 0 radical (unpaired) electrons. The number of aliphatic hydroxyl groups is 2. The minimum absolute atomic E-state index is 0.0233. The van der Waals surface area contributed by atoms with Gasteiger partial charge in [-0.3, -0.25) is 4.79 Å². The fraction of sp³-hybridized carbons (Fsp3) is 0.692. The highest BCUT2D eigenvalue weighted by molar-refractivity contribution is 7.80. The van der Waals surface area contributed by atoms with Gasteiger partial charge >= 0.3 is 12.0 Å². The van der Waals surface area contributed by atoms with Crippen LogP contribution in [0, 0.1) is 0 Å². The lowest BCUT2D eigenvalue weighted by molar-refractivity contribution is -0.140. The molecule has 10 N–H and O–H groups in total. The Morgan fingerprint density at radius 2 is 1.77 bits per heavy atom. The number of carbonyl (C=O) groups is 3. The molecule has 0 saturated heterocycles. The van der Waals surface area contributed by atoms with Gasteiger partial charge in [-0.05, 0) is 6.92 Å². The number of primary amides is 1. The maximum Gasteiger partial charge on any atom is 0.328 e. The average molecular weight is 394 g/mol. The molecular weight excluding hydrogens is 368 g/mol. The van der Waals surface area contributed by atoms with Crippen LogP contribution in [-0.2, 0) is 9.59 Å². The Bertz CT molecular complexity index is 519. The standard InChI is InChI=1S/C13H26N6O6S/c1-6(21)7(14)4-19(2)18-11(26)8(3-10(15)22)16-13(25)17-9(5-20)12(23)24/h6-9,20-21H,3-5,14H2,1-2H3,(H2,15,22)(H,18,26)(H,23,24)(H2,16,17,25). The van der Waals surface area contributed by atoms with Crippen LogP contribution in [0.2, 0.25) is 0 Å². The number of carboxylic acids is 1. The SMILES string of the molecule is CC(O)C(N)CN(C)NC(=S)C(CC(N)=O)NC(=O)NC(CO)C(=O)O. The summed E-state index contributed by atoms with van der Waals surface area (Å²) in [6, 6.07) is -4.06. The fourth-order valence-corrected chi connectivity index (χ4v) is 2.03. The first-order valence-corrected chi connectivity index (χ1v) is 8.03. The van der Waals surface area contributed by atoms with Gasteiger partial charge in [0.15, 0.2) is 6.04 Å². The first kappa shape index (κ1) is 23.9. The summed E-state index contributed by atoms with van der Waals surface area (Å²) in [6.45, 7) is 0.920. The second-order valence-electron chi connectivity index (χ2n) is 5.68. The number of aliphatic hydroxyl groups excluding tert-OH is 2. The second-order valence-corrected chi connectivity index (χ2v) is 6.12. The fourth-order valence-electron chi connectivity index (χ4n) is 1.73. The molecule has 0 fully saturated rings. The number of carbonyl (C=O) groups excluding carboxylic acids is 2. The molecule has 13 heteroatoms. The van der Waals surface area contributed by atoms with Gasteiger partial charge in [0, 0.05) is 19.6 Å². The number of nitrogens with one attached hydrogen (secondary N) is 3. The number of aliphatic carboxylic acids is 1. The van der Waals surface area contributed by atoms with Crippen molar-refractivity contribution in [3.63, 3.8) is 0 Å². The lowest BCUT2D eigenvalue weighted by Crippen LogP contribution is -2.57. The van der Waals surface area contributed by atoms with Gasteiger partial charge in [0.25, 0.3) is 0 Å². The lowest BCUT2D eigenvalue weighted by atomic mass is 10.2. The number of nitrogens with zero attached hydrogens (tertiary/aromatic N) is 1. The van der Waals surface area contributed by atoms with Crippen molar-refractivity contribution in [1.29, 1.82) is 0 Å². The number of hydrazine groups is 1. The molecule has 0 saturated carbocycles. The molecule has 0 aromatic heterocycles. The molecule has 0 aliphatic carbocycles. The van der Waals surface area contributed by atoms with Crippen molar-refractivity contribution in [2.24, 2.45) is 11.5 Å². The molecule has 0 aromatic carbocycles.